The van der Waals surface area contributed by atoms with E-state index >= 15 is 0 Å². The average molecular weight is 368 g/mol. The molecular weight excluding hydrogens is 357 g/mol. The van der Waals surface area contributed by atoms with Gasteiger partial charge >= 0.3 is 18.0 Å². The van der Waals surface area contributed by atoms with Crippen LogP contribution in [-0.4, -0.2) is 60.3 Å². The van der Waals surface area contributed by atoms with Gasteiger partial charge in [0.05, 0.1) is 30.5 Å². The maximum absolute atomic E-state index is 13.0. The largest absolute Gasteiger partial charge is 0.463 e. The van der Waals surface area contributed by atoms with Crippen molar-refractivity contribution < 1.29 is 36.3 Å². The lowest BCUT2D eigenvalue weighted by molar-refractivity contribution is -0.274. The number of rotatable bonds is 4. The SMILES string of the molecule is CN(C(=O)C(F)(F)C(F)(F)F)C1COCC1C(=O)CBr. The predicted octanol–water partition coefficient (Wildman–Crippen LogP) is 1.62. The molecule has 10 heteroatoms. The highest BCUT2D eigenvalue weighted by Crippen LogP contribution is 2.37. The summed E-state index contributed by atoms with van der Waals surface area (Å²) in [5.41, 5.74) is 0. The summed E-state index contributed by atoms with van der Waals surface area (Å²) < 4.78 is 67.3. The predicted molar refractivity (Wildman–Crippen MR) is 60.7 cm³/mol. The third-order valence-corrected chi connectivity index (χ3v) is 3.59. The summed E-state index contributed by atoms with van der Waals surface area (Å²) in [4.78, 5) is 23.1. The zero-order valence-electron chi connectivity index (χ0n) is 10.2. The van der Waals surface area contributed by atoms with Crippen molar-refractivity contribution in [3.8, 4) is 0 Å². The lowest BCUT2D eigenvalue weighted by Crippen LogP contribution is -2.55. The molecule has 0 spiro atoms. The highest BCUT2D eigenvalue weighted by atomic mass is 79.9. The number of halogens is 6. The minimum Gasteiger partial charge on any atom is -0.378 e. The van der Waals surface area contributed by atoms with Crippen molar-refractivity contribution >= 4 is 27.6 Å². The van der Waals surface area contributed by atoms with Gasteiger partial charge in [-0.2, -0.15) is 22.0 Å². The maximum atomic E-state index is 13.0. The number of alkyl halides is 6. The third-order valence-electron chi connectivity index (χ3n) is 3.04. The Morgan fingerprint density at radius 3 is 2.25 bits per heavy atom. The highest BCUT2D eigenvalue weighted by molar-refractivity contribution is 9.09. The average Bonchev–Trinajstić information content (AvgIpc) is 2.83. The van der Waals surface area contributed by atoms with E-state index in [0.717, 1.165) is 7.05 Å². The van der Waals surface area contributed by atoms with Gasteiger partial charge in [0, 0.05) is 7.05 Å². The molecule has 1 amide bonds. The molecule has 1 heterocycles. The van der Waals surface area contributed by atoms with Gasteiger partial charge in [-0.15, -0.1) is 0 Å². The first kappa shape index (κ1) is 17.3. The molecule has 20 heavy (non-hydrogen) atoms. The van der Waals surface area contributed by atoms with Crippen molar-refractivity contribution in [2.75, 3.05) is 25.6 Å². The number of amides is 1. The number of ketones is 1. The number of ether oxygens (including phenoxy) is 1. The number of hydrogen-bond acceptors (Lipinski definition) is 3. The van der Waals surface area contributed by atoms with Crippen molar-refractivity contribution in [1.82, 2.24) is 4.90 Å². The van der Waals surface area contributed by atoms with Crippen LogP contribution in [0.5, 0.6) is 0 Å². The van der Waals surface area contributed by atoms with Crippen LogP contribution in [0.15, 0.2) is 0 Å². The van der Waals surface area contributed by atoms with E-state index in [1.807, 2.05) is 0 Å². The fourth-order valence-electron chi connectivity index (χ4n) is 1.82. The second-order valence-electron chi connectivity index (χ2n) is 4.30. The Bertz CT molecular complexity index is 401. The number of carbonyl (C=O) groups is 2. The van der Waals surface area contributed by atoms with Gasteiger partial charge < -0.3 is 9.64 Å². The summed E-state index contributed by atoms with van der Waals surface area (Å²) in [7, 11) is 0.801. The molecule has 116 valence electrons. The van der Waals surface area contributed by atoms with Gasteiger partial charge in [0.2, 0.25) is 0 Å². The number of hydrogen-bond donors (Lipinski definition) is 0. The van der Waals surface area contributed by atoms with Crippen LogP contribution in [0.4, 0.5) is 22.0 Å². The Labute approximate surface area is 119 Å². The van der Waals surface area contributed by atoms with E-state index in [1.165, 1.54) is 0 Å². The topological polar surface area (TPSA) is 46.6 Å². The molecule has 1 aliphatic heterocycles. The Kier molecular flexibility index (Phi) is 5.12. The molecule has 1 aliphatic rings. The Hall–Kier alpha value is -0.770. The van der Waals surface area contributed by atoms with E-state index < -0.39 is 35.7 Å². The first-order valence-corrected chi connectivity index (χ1v) is 6.54. The smallest absolute Gasteiger partial charge is 0.378 e. The first-order valence-electron chi connectivity index (χ1n) is 5.42. The zero-order chi connectivity index (χ0) is 15.7. The standard InChI is InChI=1S/C10H11BrF5NO3/c1-17(8(19)9(12,13)10(14,15)16)6-4-20-3-5(6)7(18)2-11/h5-6H,2-4H2,1H3. The Morgan fingerprint density at radius 2 is 1.80 bits per heavy atom. The molecule has 0 aromatic carbocycles. The van der Waals surface area contributed by atoms with Crippen LogP contribution < -0.4 is 0 Å². The quantitative estimate of drug-likeness (QED) is 0.560. The van der Waals surface area contributed by atoms with Gasteiger partial charge in [-0.25, -0.2) is 0 Å². The molecule has 2 atom stereocenters. The summed E-state index contributed by atoms with van der Waals surface area (Å²) in [5, 5.41) is -0.102. The third kappa shape index (κ3) is 3.11. The lowest BCUT2D eigenvalue weighted by Gasteiger charge is -2.31. The van der Waals surface area contributed by atoms with Crippen LogP contribution >= 0.6 is 15.9 Å². The molecule has 1 saturated heterocycles. The van der Waals surface area contributed by atoms with Crippen molar-refractivity contribution in [2.24, 2.45) is 5.92 Å². The second kappa shape index (κ2) is 5.92. The molecule has 2 unspecified atom stereocenters. The molecule has 0 aromatic heterocycles. The number of nitrogens with zero attached hydrogens (tertiary/aromatic N) is 1. The zero-order valence-corrected chi connectivity index (χ0v) is 11.8. The van der Waals surface area contributed by atoms with Crippen LogP contribution in [0.1, 0.15) is 0 Å². The molecule has 0 aliphatic carbocycles. The summed E-state index contributed by atoms with van der Waals surface area (Å²) in [6.45, 7) is -0.385. The summed E-state index contributed by atoms with van der Waals surface area (Å²) >= 11 is 2.87. The van der Waals surface area contributed by atoms with Crippen molar-refractivity contribution in [3.63, 3.8) is 0 Å². The molecule has 1 fully saturated rings. The van der Waals surface area contributed by atoms with Crippen LogP contribution in [0.25, 0.3) is 0 Å². The molecule has 0 saturated carbocycles. The summed E-state index contributed by atoms with van der Waals surface area (Å²) in [6.07, 6.45) is -5.98. The normalized spacial score (nSPS) is 23.8. The van der Waals surface area contributed by atoms with Crippen LogP contribution in [0, 0.1) is 5.92 Å². The number of Topliss-reactive ketones (excluding diaryl/α,β-unsaturated/α-hetero) is 1. The van der Waals surface area contributed by atoms with Crippen molar-refractivity contribution in [3.05, 3.63) is 0 Å². The molecule has 1 rings (SSSR count). The fraction of sp³-hybridized carbons (Fsp3) is 0.800. The Morgan fingerprint density at radius 1 is 1.25 bits per heavy atom. The maximum Gasteiger partial charge on any atom is 0.463 e. The van der Waals surface area contributed by atoms with E-state index in [1.54, 1.807) is 0 Å². The molecule has 0 N–H and O–H groups in total. The summed E-state index contributed by atoms with van der Waals surface area (Å²) in [6, 6.07) is -1.14. The molecule has 0 aromatic rings. The number of carbonyl (C=O) groups excluding carboxylic acids is 2. The van der Waals surface area contributed by atoms with Gasteiger partial charge in [0.25, 0.3) is 0 Å². The second-order valence-corrected chi connectivity index (χ2v) is 4.86. The van der Waals surface area contributed by atoms with Crippen LogP contribution in [0.3, 0.4) is 0 Å². The monoisotopic (exact) mass is 367 g/mol. The lowest BCUT2D eigenvalue weighted by atomic mass is 9.98. The van der Waals surface area contributed by atoms with Crippen LogP contribution in [0.2, 0.25) is 0 Å². The first-order chi connectivity index (χ1) is 9.04. The van der Waals surface area contributed by atoms with Gasteiger partial charge in [-0.3, -0.25) is 9.59 Å². The Balaban J connectivity index is 2.92. The van der Waals surface area contributed by atoms with Gasteiger partial charge in [-0.1, -0.05) is 15.9 Å². The minimum atomic E-state index is -5.98. The minimum absolute atomic E-state index is 0.102. The van der Waals surface area contributed by atoms with Gasteiger partial charge in [-0.05, 0) is 0 Å². The van der Waals surface area contributed by atoms with Gasteiger partial charge in [0.15, 0.2) is 5.78 Å². The highest BCUT2D eigenvalue weighted by Gasteiger charge is 2.65. The van der Waals surface area contributed by atoms with E-state index in [9.17, 15) is 31.5 Å². The number of likely N-dealkylation sites (N-methyl/N-ethyl adjacent to an activating group) is 1. The van der Waals surface area contributed by atoms with E-state index in [0.29, 0.717) is 0 Å². The molecule has 0 radical (unpaired) electrons. The van der Waals surface area contributed by atoms with Crippen molar-refractivity contribution in [2.45, 2.75) is 18.1 Å². The fourth-order valence-corrected chi connectivity index (χ4v) is 2.24. The van der Waals surface area contributed by atoms with E-state index in [2.05, 4.69) is 15.9 Å². The van der Waals surface area contributed by atoms with Gasteiger partial charge in [0.1, 0.15) is 0 Å². The van der Waals surface area contributed by atoms with E-state index in [4.69, 9.17) is 4.74 Å². The molecular formula is C10H11BrF5NO3. The molecule has 4 nitrogen and oxygen atoms in total. The summed E-state index contributed by atoms with van der Waals surface area (Å²) in [5.74, 6) is -9.24. The molecule has 0 bridgehead atoms. The van der Waals surface area contributed by atoms with Crippen LogP contribution in [-0.2, 0) is 14.3 Å². The van der Waals surface area contributed by atoms with E-state index in [-0.39, 0.29) is 23.4 Å². The van der Waals surface area contributed by atoms with Crippen molar-refractivity contribution in [1.29, 1.82) is 0 Å².